The van der Waals surface area contributed by atoms with E-state index in [1.807, 2.05) is 0 Å². The van der Waals surface area contributed by atoms with E-state index >= 15 is 0 Å². The highest BCUT2D eigenvalue weighted by atomic mass is 19.4. The van der Waals surface area contributed by atoms with Crippen molar-refractivity contribution in [2.45, 2.75) is 6.18 Å². The van der Waals surface area contributed by atoms with Crippen LogP contribution in [0.1, 0.15) is 15.9 Å². The highest BCUT2D eigenvalue weighted by Crippen LogP contribution is 2.46. The second-order valence-corrected chi connectivity index (χ2v) is 8.50. The molecule has 0 saturated heterocycles. The summed E-state index contributed by atoms with van der Waals surface area (Å²) in [6.07, 6.45) is -4.75. The van der Waals surface area contributed by atoms with Crippen molar-refractivity contribution in [1.29, 1.82) is 0 Å². The van der Waals surface area contributed by atoms with Gasteiger partial charge in [0, 0.05) is 16.5 Å². The number of nitrogens with one attached hydrogen (secondary N) is 1. The van der Waals surface area contributed by atoms with Gasteiger partial charge in [-0.2, -0.15) is 13.2 Å². The maximum absolute atomic E-state index is 13.9. The molecule has 5 rings (SSSR count). The first kappa shape index (κ1) is 25.5. The number of H-pyrrole nitrogens is 1. The number of para-hydroxylation sites is 1. The predicted octanol–water partition coefficient (Wildman–Crippen LogP) is 8.18. The molecule has 0 spiro atoms. The lowest BCUT2D eigenvalue weighted by Gasteiger charge is -2.14. The minimum atomic E-state index is -4.75. The molecule has 39 heavy (non-hydrogen) atoms. The van der Waals surface area contributed by atoms with Crippen molar-refractivity contribution >= 4 is 28.2 Å². The number of hydrogen-bond donors (Lipinski definition) is 4. The molecule has 1 heterocycles. The molecule has 0 atom stereocenters. The van der Waals surface area contributed by atoms with Gasteiger partial charge in [-0.15, -0.1) is 10.2 Å². The van der Waals surface area contributed by atoms with Crippen molar-refractivity contribution in [2.75, 3.05) is 0 Å². The summed E-state index contributed by atoms with van der Waals surface area (Å²) in [5.41, 5.74) is -0.862. The predicted molar refractivity (Wildman–Crippen MR) is 135 cm³/mol. The third-order valence-corrected chi connectivity index (χ3v) is 6.06. The number of aromatic nitrogens is 1. The number of benzene rings is 4. The third kappa shape index (κ3) is 4.77. The fraction of sp³-hybridized carbons (Fsp3) is 0.0357. The van der Waals surface area contributed by atoms with E-state index in [1.54, 1.807) is 18.2 Å². The van der Waals surface area contributed by atoms with Gasteiger partial charge in [-0.05, 0) is 53.6 Å². The number of aromatic hydroxyl groups is 2. The maximum atomic E-state index is 13.9. The minimum Gasteiger partial charge on any atom is -0.505 e. The molecule has 11 heteroatoms. The quantitative estimate of drug-likeness (QED) is 0.134. The van der Waals surface area contributed by atoms with Crippen molar-refractivity contribution < 1.29 is 37.7 Å². The number of alkyl halides is 3. The lowest BCUT2D eigenvalue weighted by Crippen LogP contribution is -2.07. The van der Waals surface area contributed by atoms with E-state index in [-0.39, 0.29) is 50.3 Å². The van der Waals surface area contributed by atoms with Crippen LogP contribution in [0.4, 0.5) is 28.9 Å². The minimum absolute atomic E-state index is 0.0119. The summed E-state index contributed by atoms with van der Waals surface area (Å²) >= 11 is 0. The molecular formula is C28H17F4N3O4. The smallest absolute Gasteiger partial charge is 0.417 e. The molecule has 0 amide bonds. The summed E-state index contributed by atoms with van der Waals surface area (Å²) in [4.78, 5) is 13.8. The lowest BCUT2D eigenvalue weighted by atomic mass is 9.96. The molecular weight excluding hydrogens is 518 g/mol. The molecule has 5 aromatic rings. The van der Waals surface area contributed by atoms with Gasteiger partial charge >= 0.3 is 12.1 Å². The maximum Gasteiger partial charge on any atom is 0.417 e. The Balaban J connectivity index is 1.61. The Labute approximate surface area is 217 Å². The third-order valence-electron chi connectivity index (χ3n) is 6.06. The van der Waals surface area contributed by atoms with Gasteiger partial charge in [-0.3, -0.25) is 0 Å². The van der Waals surface area contributed by atoms with Crippen molar-refractivity contribution in [3.63, 3.8) is 0 Å². The van der Waals surface area contributed by atoms with E-state index in [0.717, 1.165) is 24.3 Å². The standard InChI is InChI=1S/C28H17F4N3O4/c29-17-9-7-14(8-10-17)22-20(28(30,31)32)12-11-19-23(22)33-26(37)24(19)35-34-21-6-2-5-18(25(21)36)15-3-1-4-16(13-15)27(38)39/h1-13,33,36-37H,(H,38,39). The number of carbonyl (C=O) groups is 1. The number of azo groups is 1. The Morgan fingerprint density at radius 1 is 0.846 bits per heavy atom. The summed E-state index contributed by atoms with van der Waals surface area (Å²) in [7, 11) is 0. The van der Waals surface area contributed by atoms with Gasteiger partial charge in [-0.25, -0.2) is 9.18 Å². The summed E-state index contributed by atoms with van der Waals surface area (Å²) in [6.45, 7) is 0. The van der Waals surface area contributed by atoms with E-state index in [9.17, 15) is 37.7 Å². The molecule has 196 valence electrons. The van der Waals surface area contributed by atoms with E-state index in [1.165, 1.54) is 36.4 Å². The van der Waals surface area contributed by atoms with Crippen LogP contribution in [0.25, 0.3) is 33.2 Å². The molecule has 0 aliphatic carbocycles. The fourth-order valence-corrected chi connectivity index (χ4v) is 4.26. The number of aromatic carboxylic acids is 1. The number of aromatic amines is 1. The molecule has 0 saturated carbocycles. The zero-order valence-electron chi connectivity index (χ0n) is 19.7. The van der Waals surface area contributed by atoms with Crippen molar-refractivity contribution in [3.8, 4) is 33.9 Å². The molecule has 0 bridgehead atoms. The van der Waals surface area contributed by atoms with E-state index in [2.05, 4.69) is 15.2 Å². The summed E-state index contributed by atoms with van der Waals surface area (Å²) in [6, 6.07) is 16.8. The Bertz CT molecular complexity index is 1760. The molecule has 0 aliphatic rings. The second-order valence-electron chi connectivity index (χ2n) is 8.50. The Kier molecular flexibility index (Phi) is 6.27. The Hall–Kier alpha value is -5.19. The lowest BCUT2D eigenvalue weighted by molar-refractivity contribution is -0.137. The first-order valence-electron chi connectivity index (χ1n) is 11.3. The topological polar surface area (TPSA) is 118 Å². The fourth-order valence-electron chi connectivity index (χ4n) is 4.26. The summed E-state index contributed by atoms with van der Waals surface area (Å²) < 4.78 is 55.0. The van der Waals surface area contributed by atoms with Crippen LogP contribution in [0.3, 0.4) is 0 Å². The average molecular weight is 535 g/mol. The normalized spacial score (nSPS) is 11.9. The van der Waals surface area contributed by atoms with Gasteiger partial charge in [0.25, 0.3) is 0 Å². The number of fused-ring (bicyclic) bond motifs is 1. The number of nitrogens with zero attached hydrogens (tertiary/aromatic N) is 2. The van der Waals surface area contributed by atoms with Gasteiger partial charge in [0.2, 0.25) is 5.88 Å². The van der Waals surface area contributed by atoms with E-state index < -0.39 is 29.4 Å². The van der Waals surface area contributed by atoms with Crippen molar-refractivity contribution in [3.05, 3.63) is 95.8 Å². The number of hydrogen-bond acceptors (Lipinski definition) is 5. The van der Waals surface area contributed by atoms with Gasteiger partial charge in [-0.1, -0.05) is 36.4 Å². The Morgan fingerprint density at radius 3 is 2.26 bits per heavy atom. The average Bonchev–Trinajstić information content (AvgIpc) is 3.22. The van der Waals surface area contributed by atoms with Crippen LogP contribution in [0.15, 0.2) is 89.1 Å². The molecule has 0 aliphatic heterocycles. The second kappa shape index (κ2) is 9.60. The van der Waals surface area contributed by atoms with Gasteiger partial charge in [0.05, 0.1) is 16.6 Å². The van der Waals surface area contributed by atoms with Crippen molar-refractivity contribution in [1.82, 2.24) is 4.98 Å². The number of carboxylic acids is 1. The first-order chi connectivity index (χ1) is 18.5. The van der Waals surface area contributed by atoms with Gasteiger partial charge in [0.15, 0.2) is 11.4 Å². The van der Waals surface area contributed by atoms with E-state index in [4.69, 9.17) is 0 Å². The number of rotatable bonds is 5. The largest absolute Gasteiger partial charge is 0.505 e. The highest BCUT2D eigenvalue weighted by Gasteiger charge is 2.35. The Morgan fingerprint density at radius 2 is 1.56 bits per heavy atom. The van der Waals surface area contributed by atoms with Crippen LogP contribution >= 0.6 is 0 Å². The number of carboxylic acid groups (broad SMARTS) is 1. The molecule has 1 aromatic heterocycles. The van der Waals surface area contributed by atoms with Gasteiger partial charge in [0.1, 0.15) is 11.5 Å². The van der Waals surface area contributed by atoms with Crippen molar-refractivity contribution in [2.24, 2.45) is 10.2 Å². The molecule has 4 N–H and O–H groups in total. The number of halogens is 4. The number of phenolic OH excluding ortho intramolecular Hbond substituents is 1. The van der Waals surface area contributed by atoms with Crippen LogP contribution in [0.2, 0.25) is 0 Å². The molecule has 0 radical (unpaired) electrons. The van der Waals surface area contributed by atoms with Crippen LogP contribution in [0, 0.1) is 5.82 Å². The number of phenols is 1. The first-order valence-corrected chi connectivity index (χ1v) is 11.3. The highest BCUT2D eigenvalue weighted by molar-refractivity contribution is 6.04. The molecule has 4 aromatic carbocycles. The van der Waals surface area contributed by atoms with Crippen LogP contribution in [-0.2, 0) is 6.18 Å². The van der Waals surface area contributed by atoms with Crippen LogP contribution in [0.5, 0.6) is 11.6 Å². The molecule has 7 nitrogen and oxygen atoms in total. The van der Waals surface area contributed by atoms with Gasteiger partial charge < -0.3 is 20.3 Å². The summed E-state index contributed by atoms with van der Waals surface area (Å²) in [5.74, 6) is -2.66. The molecule has 0 unspecified atom stereocenters. The monoisotopic (exact) mass is 535 g/mol. The summed E-state index contributed by atoms with van der Waals surface area (Å²) in [5, 5.41) is 38.7. The van der Waals surface area contributed by atoms with E-state index in [0.29, 0.717) is 5.56 Å². The SMILES string of the molecule is O=C(O)c1cccc(-c2cccc(N=Nc3c(O)[nH]c4c(-c5ccc(F)cc5)c(C(F)(F)F)ccc34)c2O)c1. The zero-order chi connectivity index (χ0) is 27.9. The van der Waals surface area contributed by atoms with Crippen LogP contribution in [-0.4, -0.2) is 26.3 Å². The van der Waals surface area contributed by atoms with Crippen LogP contribution < -0.4 is 0 Å². The zero-order valence-corrected chi connectivity index (χ0v) is 19.7. The molecule has 0 fully saturated rings.